The Kier molecular flexibility index (Phi) is 5.48. The van der Waals surface area contributed by atoms with Crippen LogP contribution in [0.3, 0.4) is 0 Å². The quantitative estimate of drug-likeness (QED) is 0.805. The van der Waals surface area contributed by atoms with Gasteiger partial charge < -0.3 is 4.74 Å². The van der Waals surface area contributed by atoms with Crippen molar-refractivity contribution < 1.29 is 22.7 Å². The average Bonchev–Trinajstić information content (AvgIpc) is 2.38. The molecule has 1 aromatic carbocycles. The molecule has 0 spiro atoms. The van der Waals surface area contributed by atoms with E-state index in [4.69, 9.17) is 0 Å². The average molecular weight is 312 g/mol. The van der Waals surface area contributed by atoms with Gasteiger partial charge in [0.05, 0.1) is 11.5 Å². The molecule has 0 saturated heterocycles. The van der Waals surface area contributed by atoms with Gasteiger partial charge in [-0.1, -0.05) is 6.58 Å². The van der Waals surface area contributed by atoms with E-state index in [0.717, 1.165) is 0 Å². The summed E-state index contributed by atoms with van der Waals surface area (Å²) in [6.45, 7) is 6.65. The van der Waals surface area contributed by atoms with Crippen LogP contribution in [0.25, 0.3) is 0 Å². The number of hydrogen-bond acceptors (Lipinski definition) is 5. The zero-order valence-electron chi connectivity index (χ0n) is 11.7. The van der Waals surface area contributed by atoms with Crippen molar-refractivity contribution >= 4 is 27.7 Å². The van der Waals surface area contributed by atoms with Gasteiger partial charge in [-0.3, -0.25) is 10.1 Å². The molecule has 0 saturated carbocycles. The number of ether oxygens (including phenoxy) is 1. The molecule has 7 nitrogen and oxygen atoms in total. The summed E-state index contributed by atoms with van der Waals surface area (Å²) < 4.78 is 30.4. The fraction of sp³-hybridized carbons (Fsp3) is 0.231. The Morgan fingerprint density at radius 1 is 1.24 bits per heavy atom. The van der Waals surface area contributed by atoms with Crippen molar-refractivity contribution in [2.24, 2.45) is 0 Å². The van der Waals surface area contributed by atoms with Gasteiger partial charge >= 0.3 is 6.09 Å². The number of carbonyl (C=O) groups is 2. The van der Waals surface area contributed by atoms with Gasteiger partial charge in [0.15, 0.2) is 0 Å². The van der Waals surface area contributed by atoms with Crippen LogP contribution in [0.5, 0.6) is 0 Å². The lowest BCUT2D eigenvalue weighted by Crippen LogP contribution is -2.30. The highest BCUT2D eigenvalue weighted by Gasteiger charge is 2.17. The SMILES string of the molecule is C=C(C)C(=O)NS(=O)(=O)c1ccc(NC(=O)OCC)cc1. The van der Waals surface area contributed by atoms with Gasteiger partial charge in [0.1, 0.15) is 0 Å². The molecule has 0 bridgehead atoms. The van der Waals surface area contributed by atoms with E-state index in [9.17, 15) is 18.0 Å². The molecule has 21 heavy (non-hydrogen) atoms. The molecule has 0 heterocycles. The van der Waals surface area contributed by atoms with E-state index in [1.54, 1.807) is 6.92 Å². The summed E-state index contributed by atoms with van der Waals surface area (Å²) in [5.74, 6) is -0.774. The van der Waals surface area contributed by atoms with Crippen LogP contribution in [-0.2, 0) is 19.6 Å². The highest BCUT2D eigenvalue weighted by atomic mass is 32.2. The summed E-state index contributed by atoms with van der Waals surface area (Å²) in [5, 5.41) is 2.42. The van der Waals surface area contributed by atoms with E-state index in [0.29, 0.717) is 5.69 Å². The van der Waals surface area contributed by atoms with Gasteiger partial charge in [-0.05, 0) is 38.1 Å². The van der Waals surface area contributed by atoms with E-state index in [1.807, 2.05) is 4.72 Å². The third-order valence-corrected chi connectivity index (χ3v) is 3.65. The first-order valence-corrected chi connectivity index (χ1v) is 7.51. The largest absolute Gasteiger partial charge is 0.450 e. The molecule has 1 rings (SSSR count). The first-order valence-electron chi connectivity index (χ1n) is 6.02. The highest BCUT2D eigenvalue weighted by Crippen LogP contribution is 2.14. The van der Waals surface area contributed by atoms with Crippen LogP contribution in [0.15, 0.2) is 41.3 Å². The van der Waals surface area contributed by atoms with Crippen LogP contribution >= 0.6 is 0 Å². The van der Waals surface area contributed by atoms with Crippen molar-refractivity contribution in [2.75, 3.05) is 11.9 Å². The molecule has 0 aromatic heterocycles. The van der Waals surface area contributed by atoms with Gasteiger partial charge in [-0.15, -0.1) is 0 Å². The second-order valence-electron chi connectivity index (χ2n) is 4.08. The molecule has 0 radical (unpaired) electrons. The Bertz CT molecular complexity index is 650. The number of benzene rings is 1. The minimum Gasteiger partial charge on any atom is -0.450 e. The maximum atomic E-state index is 11.9. The van der Waals surface area contributed by atoms with Crippen molar-refractivity contribution in [1.29, 1.82) is 0 Å². The molecule has 0 unspecified atom stereocenters. The predicted octanol–water partition coefficient (Wildman–Crippen LogP) is 1.64. The molecule has 0 aliphatic rings. The fourth-order valence-corrected chi connectivity index (χ4v) is 2.30. The lowest BCUT2D eigenvalue weighted by molar-refractivity contribution is -0.115. The Labute approximate surface area is 123 Å². The van der Waals surface area contributed by atoms with Crippen LogP contribution in [0.2, 0.25) is 0 Å². The third-order valence-electron chi connectivity index (χ3n) is 2.30. The summed E-state index contributed by atoms with van der Waals surface area (Å²) in [6, 6.07) is 5.29. The monoisotopic (exact) mass is 312 g/mol. The third kappa shape index (κ3) is 4.92. The summed E-state index contributed by atoms with van der Waals surface area (Å²) in [5.41, 5.74) is 0.456. The first kappa shape index (κ1) is 16.7. The fourth-order valence-electron chi connectivity index (χ4n) is 1.27. The van der Waals surface area contributed by atoms with Crippen LogP contribution in [-0.4, -0.2) is 27.0 Å². The first-order chi connectivity index (χ1) is 9.76. The molecule has 0 fully saturated rings. The second kappa shape index (κ2) is 6.89. The zero-order valence-corrected chi connectivity index (χ0v) is 12.5. The minimum absolute atomic E-state index is 0.0826. The zero-order chi connectivity index (χ0) is 16.0. The van der Waals surface area contributed by atoms with Gasteiger partial charge in [0, 0.05) is 11.3 Å². The highest BCUT2D eigenvalue weighted by molar-refractivity contribution is 7.90. The van der Waals surface area contributed by atoms with Crippen molar-refractivity contribution in [3.8, 4) is 0 Å². The summed E-state index contributed by atoms with van der Waals surface area (Å²) in [4.78, 5) is 22.4. The number of carbonyl (C=O) groups excluding carboxylic acids is 2. The molecule has 8 heteroatoms. The lowest BCUT2D eigenvalue weighted by Gasteiger charge is -2.08. The van der Waals surface area contributed by atoms with Crippen LogP contribution in [0.4, 0.5) is 10.5 Å². The molecular weight excluding hydrogens is 296 g/mol. The van der Waals surface area contributed by atoms with Crippen LogP contribution < -0.4 is 10.0 Å². The van der Waals surface area contributed by atoms with Crippen LogP contribution in [0, 0.1) is 0 Å². The van der Waals surface area contributed by atoms with Gasteiger partial charge in [0.25, 0.3) is 15.9 Å². The molecule has 0 aliphatic carbocycles. The van der Waals surface area contributed by atoms with E-state index >= 15 is 0 Å². The van der Waals surface area contributed by atoms with Gasteiger partial charge in [-0.2, -0.15) is 0 Å². The molecular formula is C13H16N2O5S. The Balaban J connectivity index is 2.84. The molecule has 114 valence electrons. The number of nitrogens with one attached hydrogen (secondary N) is 2. The molecule has 0 atom stereocenters. The van der Waals surface area contributed by atoms with Crippen molar-refractivity contribution in [1.82, 2.24) is 4.72 Å². The van der Waals surface area contributed by atoms with E-state index in [-0.39, 0.29) is 17.1 Å². The topological polar surface area (TPSA) is 102 Å². The van der Waals surface area contributed by atoms with E-state index in [1.165, 1.54) is 31.2 Å². The van der Waals surface area contributed by atoms with Crippen molar-refractivity contribution in [3.05, 3.63) is 36.4 Å². The van der Waals surface area contributed by atoms with E-state index < -0.39 is 22.0 Å². The summed E-state index contributed by atoms with van der Waals surface area (Å²) >= 11 is 0. The van der Waals surface area contributed by atoms with Crippen molar-refractivity contribution in [2.45, 2.75) is 18.7 Å². The number of amides is 2. The number of rotatable bonds is 5. The van der Waals surface area contributed by atoms with Gasteiger partial charge in [0.2, 0.25) is 0 Å². The Morgan fingerprint density at radius 2 is 1.81 bits per heavy atom. The molecule has 1 aromatic rings. The standard InChI is InChI=1S/C13H16N2O5S/c1-4-20-13(17)14-10-5-7-11(8-6-10)21(18,19)15-12(16)9(2)3/h5-8H,2,4H2,1,3H3,(H,14,17)(H,15,16). The number of anilines is 1. The predicted molar refractivity (Wildman–Crippen MR) is 77.2 cm³/mol. The summed E-state index contributed by atoms with van der Waals surface area (Å²) in [6.07, 6.45) is -0.635. The number of sulfonamides is 1. The second-order valence-corrected chi connectivity index (χ2v) is 5.77. The Morgan fingerprint density at radius 3 is 2.29 bits per heavy atom. The van der Waals surface area contributed by atoms with E-state index in [2.05, 4.69) is 16.6 Å². The Hall–Kier alpha value is -2.35. The minimum atomic E-state index is -3.96. The smallest absolute Gasteiger partial charge is 0.411 e. The number of hydrogen-bond donors (Lipinski definition) is 2. The lowest BCUT2D eigenvalue weighted by atomic mass is 10.3. The van der Waals surface area contributed by atoms with Crippen LogP contribution in [0.1, 0.15) is 13.8 Å². The normalized spacial score (nSPS) is 10.6. The van der Waals surface area contributed by atoms with Crippen molar-refractivity contribution in [3.63, 3.8) is 0 Å². The molecule has 2 N–H and O–H groups in total. The summed E-state index contributed by atoms with van der Waals surface area (Å²) in [7, 11) is -3.96. The molecule has 0 aliphatic heterocycles. The molecule has 2 amide bonds. The van der Waals surface area contributed by atoms with Gasteiger partial charge in [-0.25, -0.2) is 17.9 Å². The maximum Gasteiger partial charge on any atom is 0.411 e. The maximum absolute atomic E-state index is 11.9.